The second kappa shape index (κ2) is 8.28. The van der Waals surface area contributed by atoms with E-state index in [9.17, 15) is 9.59 Å². The van der Waals surface area contributed by atoms with Crippen molar-refractivity contribution in [1.82, 2.24) is 14.5 Å². The highest BCUT2D eigenvalue weighted by Crippen LogP contribution is 2.27. The van der Waals surface area contributed by atoms with Crippen LogP contribution in [0.15, 0.2) is 71.7 Å². The van der Waals surface area contributed by atoms with Crippen molar-refractivity contribution in [2.24, 2.45) is 0 Å². The van der Waals surface area contributed by atoms with Gasteiger partial charge in [-0.3, -0.25) is 14.6 Å². The Morgan fingerprint density at radius 2 is 1.72 bits per heavy atom. The first-order valence-corrected chi connectivity index (χ1v) is 9.53. The van der Waals surface area contributed by atoms with E-state index in [4.69, 9.17) is 4.74 Å². The summed E-state index contributed by atoms with van der Waals surface area (Å²) >= 11 is 0. The van der Waals surface area contributed by atoms with E-state index in [1.807, 2.05) is 58.0 Å². The molecule has 0 saturated heterocycles. The predicted molar refractivity (Wildman–Crippen MR) is 110 cm³/mol. The van der Waals surface area contributed by atoms with Crippen LogP contribution in [0.3, 0.4) is 0 Å². The van der Waals surface area contributed by atoms with E-state index in [1.165, 1.54) is 5.56 Å². The molecule has 29 heavy (non-hydrogen) atoms. The SMILES string of the molecule is CCOC(=O)c1cn2c(nc1=O)N(c1ccccc1)CN(Cc1ccccc1)C2. The molecular weight excluding hydrogens is 368 g/mol. The number of benzene rings is 2. The Bertz CT molecular complexity index is 1050. The van der Waals surface area contributed by atoms with Crippen LogP contribution in [0.5, 0.6) is 0 Å². The van der Waals surface area contributed by atoms with Crippen molar-refractivity contribution in [3.8, 4) is 0 Å². The number of nitrogens with zero attached hydrogens (tertiary/aromatic N) is 4. The summed E-state index contributed by atoms with van der Waals surface area (Å²) in [6.45, 7) is 3.72. The number of rotatable bonds is 5. The van der Waals surface area contributed by atoms with Crippen molar-refractivity contribution in [3.05, 3.63) is 88.3 Å². The van der Waals surface area contributed by atoms with Crippen LogP contribution in [-0.2, 0) is 18.0 Å². The summed E-state index contributed by atoms with van der Waals surface area (Å²) in [6, 6.07) is 20.0. The van der Waals surface area contributed by atoms with Crippen molar-refractivity contribution in [3.63, 3.8) is 0 Å². The van der Waals surface area contributed by atoms with Crippen molar-refractivity contribution in [2.75, 3.05) is 18.2 Å². The van der Waals surface area contributed by atoms with Gasteiger partial charge in [-0.05, 0) is 24.6 Å². The van der Waals surface area contributed by atoms with E-state index in [0.29, 0.717) is 19.3 Å². The lowest BCUT2D eigenvalue weighted by atomic mass is 10.2. The number of fused-ring (bicyclic) bond motifs is 1. The lowest BCUT2D eigenvalue weighted by Gasteiger charge is -2.38. The van der Waals surface area contributed by atoms with Crippen molar-refractivity contribution >= 4 is 17.6 Å². The molecule has 1 aromatic heterocycles. The first-order chi connectivity index (χ1) is 14.2. The van der Waals surface area contributed by atoms with Crippen molar-refractivity contribution < 1.29 is 9.53 Å². The summed E-state index contributed by atoms with van der Waals surface area (Å²) in [6.07, 6.45) is 1.55. The number of carbonyl (C=O) groups excluding carboxylic acids is 1. The fraction of sp³-hybridized carbons (Fsp3) is 0.227. The minimum atomic E-state index is -0.647. The molecule has 2 heterocycles. The molecule has 0 saturated carbocycles. The first kappa shape index (κ1) is 18.9. The molecule has 0 spiro atoms. The van der Waals surface area contributed by atoms with Crippen LogP contribution in [0, 0.1) is 0 Å². The average Bonchev–Trinajstić information content (AvgIpc) is 2.74. The third-order valence-electron chi connectivity index (χ3n) is 4.72. The molecule has 0 N–H and O–H groups in total. The highest BCUT2D eigenvalue weighted by atomic mass is 16.5. The molecule has 0 radical (unpaired) electrons. The normalized spacial score (nSPS) is 13.8. The maximum atomic E-state index is 12.5. The zero-order valence-corrected chi connectivity index (χ0v) is 16.2. The maximum absolute atomic E-state index is 12.5. The number of hydrogen-bond acceptors (Lipinski definition) is 6. The lowest BCUT2D eigenvalue weighted by molar-refractivity contribution is 0.0522. The number of ether oxygens (including phenoxy) is 1. The van der Waals surface area contributed by atoms with Crippen LogP contribution in [0.1, 0.15) is 22.8 Å². The Hall–Kier alpha value is -3.45. The van der Waals surface area contributed by atoms with Crippen molar-refractivity contribution in [2.45, 2.75) is 20.1 Å². The van der Waals surface area contributed by atoms with Crippen LogP contribution in [0.2, 0.25) is 0 Å². The van der Waals surface area contributed by atoms with Crippen molar-refractivity contribution in [1.29, 1.82) is 0 Å². The molecular formula is C22H22N4O3. The van der Waals surface area contributed by atoms with Gasteiger partial charge in [0.1, 0.15) is 5.56 Å². The summed E-state index contributed by atoms with van der Waals surface area (Å²) < 4.78 is 6.84. The number of para-hydroxylation sites is 1. The lowest BCUT2D eigenvalue weighted by Crippen LogP contribution is -2.44. The molecule has 2 aromatic carbocycles. The van der Waals surface area contributed by atoms with Gasteiger partial charge in [0, 0.05) is 18.4 Å². The number of carbonyl (C=O) groups is 1. The number of anilines is 2. The number of aromatic nitrogens is 2. The molecule has 0 amide bonds. The van der Waals surface area contributed by atoms with E-state index >= 15 is 0 Å². The zero-order valence-electron chi connectivity index (χ0n) is 16.2. The summed E-state index contributed by atoms with van der Waals surface area (Å²) in [5.41, 5.74) is 1.48. The summed E-state index contributed by atoms with van der Waals surface area (Å²) in [4.78, 5) is 33.1. The van der Waals surface area contributed by atoms with Crippen LogP contribution >= 0.6 is 0 Å². The maximum Gasteiger partial charge on any atom is 0.345 e. The molecule has 0 atom stereocenters. The average molecular weight is 390 g/mol. The van der Waals surface area contributed by atoms with Crippen LogP contribution < -0.4 is 10.5 Å². The topological polar surface area (TPSA) is 67.7 Å². The van der Waals surface area contributed by atoms with Gasteiger partial charge in [0.05, 0.1) is 19.9 Å². The molecule has 0 bridgehead atoms. The Kier molecular flexibility index (Phi) is 5.39. The molecule has 7 heteroatoms. The summed E-state index contributed by atoms with van der Waals surface area (Å²) in [5, 5.41) is 0. The molecule has 0 aliphatic carbocycles. The zero-order chi connectivity index (χ0) is 20.2. The van der Waals surface area contributed by atoms with Gasteiger partial charge in [0.15, 0.2) is 0 Å². The number of hydrogen-bond donors (Lipinski definition) is 0. The quantitative estimate of drug-likeness (QED) is 0.624. The predicted octanol–water partition coefficient (Wildman–Crippen LogP) is 2.99. The van der Waals surface area contributed by atoms with E-state index in [1.54, 1.807) is 13.1 Å². The fourth-order valence-electron chi connectivity index (χ4n) is 3.42. The summed E-state index contributed by atoms with van der Waals surface area (Å²) in [7, 11) is 0. The Labute approximate surface area is 168 Å². The monoisotopic (exact) mass is 390 g/mol. The largest absolute Gasteiger partial charge is 0.462 e. The molecule has 7 nitrogen and oxygen atoms in total. The standard InChI is InChI=1S/C22H22N4O3/c1-2-29-21(28)19-14-25-15-24(13-17-9-5-3-6-10-17)16-26(22(25)23-20(19)27)18-11-7-4-8-12-18/h3-12,14H,2,13,15-16H2,1H3. The molecule has 0 fully saturated rings. The summed E-state index contributed by atoms with van der Waals surface area (Å²) in [5.74, 6) is -0.134. The minimum absolute atomic E-state index is 0.0508. The fourth-order valence-corrected chi connectivity index (χ4v) is 3.42. The van der Waals surface area contributed by atoms with Gasteiger partial charge in [-0.25, -0.2) is 4.79 Å². The Morgan fingerprint density at radius 1 is 1.03 bits per heavy atom. The van der Waals surface area contributed by atoms with E-state index in [0.717, 1.165) is 12.2 Å². The molecule has 4 rings (SSSR count). The van der Waals surface area contributed by atoms with Gasteiger partial charge in [-0.1, -0.05) is 48.5 Å². The van der Waals surface area contributed by atoms with Gasteiger partial charge in [-0.15, -0.1) is 0 Å². The van der Waals surface area contributed by atoms with Crippen LogP contribution in [0.25, 0.3) is 0 Å². The van der Waals surface area contributed by atoms with Gasteiger partial charge in [0.2, 0.25) is 5.95 Å². The van der Waals surface area contributed by atoms with Gasteiger partial charge in [0.25, 0.3) is 5.56 Å². The van der Waals surface area contributed by atoms with E-state index < -0.39 is 11.5 Å². The molecule has 3 aromatic rings. The highest BCUT2D eigenvalue weighted by Gasteiger charge is 2.27. The molecule has 1 aliphatic heterocycles. The minimum Gasteiger partial charge on any atom is -0.462 e. The third kappa shape index (κ3) is 4.05. The van der Waals surface area contributed by atoms with Gasteiger partial charge in [-0.2, -0.15) is 4.98 Å². The third-order valence-corrected chi connectivity index (χ3v) is 4.72. The molecule has 1 aliphatic rings. The van der Waals surface area contributed by atoms with Crippen LogP contribution in [0.4, 0.5) is 11.6 Å². The smallest absolute Gasteiger partial charge is 0.345 e. The van der Waals surface area contributed by atoms with E-state index in [2.05, 4.69) is 22.0 Å². The van der Waals surface area contributed by atoms with Gasteiger partial charge >= 0.3 is 5.97 Å². The first-order valence-electron chi connectivity index (χ1n) is 9.53. The molecule has 0 unspecified atom stereocenters. The van der Waals surface area contributed by atoms with E-state index in [-0.39, 0.29) is 12.2 Å². The molecule has 148 valence electrons. The number of esters is 1. The second-order valence-corrected chi connectivity index (χ2v) is 6.81. The highest BCUT2D eigenvalue weighted by molar-refractivity contribution is 5.88. The Balaban J connectivity index is 1.74. The van der Waals surface area contributed by atoms with Crippen LogP contribution in [-0.4, -0.2) is 33.7 Å². The Morgan fingerprint density at radius 3 is 2.41 bits per heavy atom. The second-order valence-electron chi connectivity index (χ2n) is 6.81. The van der Waals surface area contributed by atoms with Gasteiger partial charge < -0.3 is 9.30 Å².